The number of benzene rings is 1. The molecule has 0 aliphatic heterocycles. The highest BCUT2D eigenvalue weighted by Gasteiger charge is 2.18. The van der Waals surface area contributed by atoms with Crippen molar-refractivity contribution in [2.45, 2.75) is 13.8 Å². The number of hydrogen-bond donors (Lipinski definition) is 0. The van der Waals surface area contributed by atoms with Crippen LogP contribution in [0.2, 0.25) is 0 Å². The zero-order chi connectivity index (χ0) is 14.6. The molecule has 0 atom stereocenters. The van der Waals surface area contributed by atoms with E-state index in [-0.39, 0.29) is 18.4 Å². The molecule has 0 aliphatic carbocycles. The van der Waals surface area contributed by atoms with Gasteiger partial charge in [-0.25, -0.2) is 0 Å². The number of amides is 2. The summed E-state index contributed by atoms with van der Waals surface area (Å²) in [5, 5.41) is 0. The lowest BCUT2D eigenvalue weighted by atomic mass is 10.1. The standard InChI is InChI=1S/C14H19BrN2O2/c1-5-17(9-13(18)16(3)4)14(19)11-6-10(2)7-12(15)8-11/h6-8H,5,9H2,1-4H3. The smallest absolute Gasteiger partial charge is 0.254 e. The zero-order valence-corrected chi connectivity index (χ0v) is 13.3. The normalized spacial score (nSPS) is 10.2. The fourth-order valence-corrected chi connectivity index (χ4v) is 2.28. The van der Waals surface area contributed by atoms with Crippen LogP contribution in [-0.2, 0) is 4.79 Å². The molecule has 19 heavy (non-hydrogen) atoms. The topological polar surface area (TPSA) is 40.6 Å². The Kier molecular flexibility index (Phi) is 5.54. The molecule has 1 aromatic rings. The van der Waals surface area contributed by atoms with E-state index in [0.717, 1.165) is 10.0 Å². The summed E-state index contributed by atoms with van der Waals surface area (Å²) < 4.78 is 0.867. The van der Waals surface area contributed by atoms with Gasteiger partial charge >= 0.3 is 0 Å². The third-order valence-corrected chi connectivity index (χ3v) is 3.24. The Morgan fingerprint density at radius 1 is 1.21 bits per heavy atom. The Labute approximate surface area is 122 Å². The van der Waals surface area contributed by atoms with Crippen molar-refractivity contribution in [2.75, 3.05) is 27.2 Å². The minimum atomic E-state index is -0.123. The van der Waals surface area contributed by atoms with E-state index in [1.807, 2.05) is 26.0 Å². The van der Waals surface area contributed by atoms with Gasteiger partial charge in [-0.15, -0.1) is 0 Å². The quantitative estimate of drug-likeness (QED) is 0.851. The van der Waals surface area contributed by atoms with E-state index in [9.17, 15) is 9.59 Å². The number of halogens is 1. The summed E-state index contributed by atoms with van der Waals surface area (Å²) in [5.41, 5.74) is 1.60. The van der Waals surface area contributed by atoms with Crippen molar-refractivity contribution in [2.24, 2.45) is 0 Å². The molecule has 0 radical (unpaired) electrons. The molecule has 0 bridgehead atoms. The van der Waals surface area contributed by atoms with Crippen LogP contribution in [0.5, 0.6) is 0 Å². The summed E-state index contributed by atoms with van der Waals surface area (Å²) in [6.45, 7) is 4.41. The molecule has 0 unspecified atom stereocenters. The Hall–Kier alpha value is -1.36. The van der Waals surface area contributed by atoms with Crippen LogP contribution in [0.4, 0.5) is 0 Å². The van der Waals surface area contributed by atoms with Crippen LogP contribution in [0.15, 0.2) is 22.7 Å². The molecule has 0 aliphatic rings. The number of carbonyl (C=O) groups excluding carboxylic acids is 2. The van der Waals surface area contributed by atoms with Crippen molar-refractivity contribution in [3.8, 4) is 0 Å². The van der Waals surface area contributed by atoms with Crippen LogP contribution in [0, 0.1) is 6.92 Å². The van der Waals surface area contributed by atoms with E-state index in [1.54, 1.807) is 25.1 Å². The molecular formula is C14H19BrN2O2. The summed E-state index contributed by atoms with van der Waals surface area (Å²) in [6.07, 6.45) is 0. The van der Waals surface area contributed by atoms with Crippen molar-refractivity contribution in [3.05, 3.63) is 33.8 Å². The van der Waals surface area contributed by atoms with Gasteiger partial charge in [-0.3, -0.25) is 9.59 Å². The van der Waals surface area contributed by atoms with E-state index in [4.69, 9.17) is 0 Å². The molecule has 4 nitrogen and oxygen atoms in total. The van der Waals surface area contributed by atoms with E-state index >= 15 is 0 Å². The van der Waals surface area contributed by atoms with Gasteiger partial charge in [0, 0.05) is 30.7 Å². The van der Waals surface area contributed by atoms with Crippen LogP contribution in [-0.4, -0.2) is 48.8 Å². The second kappa shape index (κ2) is 6.70. The molecule has 1 rings (SSSR count). The molecule has 5 heteroatoms. The van der Waals surface area contributed by atoms with Crippen LogP contribution in [0.25, 0.3) is 0 Å². The molecule has 0 N–H and O–H groups in total. The first-order valence-corrected chi connectivity index (χ1v) is 6.91. The van der Waals surface area contributed by atoms with E-state index in [2.05, 4.69) is 15.9 Å². The third-order valence-electron chi connectivity index (χ3n) is 2.78. The molecule has 0 aromatic heterocycles. The summed E-state index contributed by atoms with van der Waals surface area (Å²) in [5.74, 6) is -0.205. The van der Waals surface area contributed by atoms with Crippen molar-refractivity contribution < 1.29 is 9.59 Å². The molecule has 0 saturated heterocycles. The predicted molar refractivity (Wildman–Crippen MR) is 79.2 cm³/mol. The van der Waals surface area contributed by atoms with E-state index < -0.39 is 0 Å². The number of hydrogen-bond acceptors (Lipinski definition) is 2. The Bertz CT molecular complexity index is 466. The van der Waals surface area contributed by atoms with Gasteiger partial charge in [-0.1, -0.05) is 15.9 Å². The highest BCUT2D eigenvalue weighted by Crippen LogP contribution is 2.16. The first kappa shape index (κ1) is 15.7. The largest absolute Gasteiger partial charge is 0.347 e. The van der Waals surface area contributed by atoms with Crippen molar-refractivity contribution in [1.29, 1.82) is 0 Å². The van der Waals surface area contributed by atoms with Crippen LogP contribution < -0.4 is 0 Å². The van der Waals surface area contributed by atoms with Crippen LogP contribution in [0.3, 0.4) is 0 Å². The third kappa shape index (κ3) is 4.35. The Balaban J connectivity index is 2.92. The van der Waals surface area contributed by atoms with Crippen LogP contribution >= 0.6 is 15.9 Å². The second-order valence-electron chi connectivity index (χ2n) is 4.62. The molecule has 1 aromatic carbocycles. The first-order valence-electron chi connectivity index (χ1n) is 6.11. The van der Waals surface area contributed by atoms with Gasteiger partial charge in [0.15, 0.2) is 0 Å². The van der Waals surface area contributed by atoms with Gasteiger partial charge in [0.25, 0.3) is 5.91 Å². The maximum atomic E-state index is 12.4. The maximum absolute atomic E-state index is 12.4. The van der Waals surface area contributed by atoms with Gasteiger partial charge in [-0.2, -0.15) is 0 Å². The second-order valence-corrected chi connectivity index (χ2v) is 5.54. The van der Waals surface area contributed by atoms with Gasteiger partial charge < -0.3 is 9.80 Å². The highest BCUT2D eigenvalue weighted by molar-refractivity contribution is 9.10. The van der Waals surface area contributed by atoms with Crippen molar-refractivity contribution in [3.63, 3.8) is 0 Å². The lowest BCUT2D eigenvalue weighted by Gasteiger charge is -2.22. The molecule has 0 heterocycles. The van der Waals surface area contributed by atoms with Crippen molar-refractivity contribution >= 4 is 27.7 Å². The molecule has 0 fully saturated rings. The molecule has 0 saturated carbocycles. The number of aryl methyl sites for hydroxylation is 1. The summed E-state index contributed by atoms with van der Waals surface area (Å²) in [7, 11) is 3.37. The summed E-state index contributed by atoms with van der Waals surface area (Å²) >= 11 is 3.38. The Morgan fingerprint density at radius 3 is 2.32 bits per heavy atom. The average Bonchev–Trinajstić information content (AvgIpc) is 2.33. The average molecular weight is 327 g/mol. The summed E-state index contributed by atoms with van der Waals surface area (Å²) in [6, 6.07) is 5.55. The SMILES string of the molecule is CCN(CC(=O)N(C)C)C(=O)c1cc(C)cc(Br)c1. The van der Waals surface area contributed by atoms with E-state index in [1.165, 1.54) is 4.90 Å². The Morgan fingerprint density at radius 2 is 1.84 bits per heavy atom. The number of rotatable bonds is 4. The van der Waals surface area contributed by atoms with E-state index in [0.29, 0.717) is 12.1 Å². The minimum absolute atomic E-state index is 0.0816. The lowest BCUT2D eigenvalue weighted by molar-refractivity contribution is -0.129. The van der Waals surface area contributed by atoms with Gasteiger partial charge in [0.1, 0.15) is 0 Å². The molecule has 2 amide bonds. The number of likely N-dealkylation sites (N-methyl/N-ethyl adjacent to an activating group) is 2. The van der Waals surface area contributed by atoms with Crippen LogP contribution in [0.1, 0.15) is 22.8 Å². The summed E-state index contributed by atoms with van der Waals surface area (Å²) in [4.78, 5) is 27.1. The fourth-order valence-electron chi connectivity index (χ4n) is 1.67. The zero-order valence-electron chi connectivity index (χ0n) is 11.7. The number of nitrogens with zero attached hydrogens (tertiary/aromatic N) is 2. The maximum Gasteiger partial charge on any atom is 0.254 e. The molecular weight excluding hydrogens is 308 g/mol. The predicted octanol–water partition coefficient (Wildman–Crippen LogP) is 2.31. The van der Waals surface area contributed by atoms with Gasteiger partial charge in [0.05, 0.1) is 6.54 Å². The lowest BCUT2D eigenvalue weighted by Crippen LogP contribution is -2.40. The monoisotopic (exact) mass is 326 g/mol. The fraction of sp³-hybridized carbons (Fsp3) is 0.429. The minimum Gasteiger partial charge on any atom is -0.347 e. The van der Waals surface area contributed by atoms with Gasteiger partial charge in [-0.05, 0) is 37.6 Å². The van der Waals surface area contributed by atoms with Gasteiger partial charge in [0.2, 0.25) is 5.91 Å². The van der Waals surface area contributed by atoms with Crippen molar-refractivity contribution in [1.82, 2.24) is 9.80 Å². The highest BCUT2D eigenvalue weighted by atomic mass is 79.9. The number of carbonyl (C=O) groups is 2. The molecule has 104 valence electrons. The molecule has 0 spiro atoms. The first-order chi connectivity index (χ1) is 8.85.